The molecule has 0 atom stereocenters. The van der Waals surface area contributed by atoms with Crippen molar-refractivity contribution in [1.82, 2.24) is 9.97 Å². The van der Waals surface area contributed by atoms with Gasteiger partial charge >= 0.3 is 0 Å². The maximum absolute atomic E-state index is 10.1. The molecule has 6 heteroatoms. The van der Waals surface area contributed by atoms with Gasteiger partial charge in [0.05, 0.1) is 11.0 Å². The Labute approximate surface area is 115 Å². The fraction of sp³-hybridized carbons (Fsp3) is 0.538. The molecule has 0 aromatic carbocycles. The third kappa shape index (κ3) is 2.37. The van der Waals surface area contributed by atoms with Gasteiger partial charge in [-0.25, -0.2) is 4.98 Å². The predicted molar refractivity (Wildman–Crippen MR) is 78.5 cm³/mol. The number of fused-ring (bicyclic) bond motifs is 1. The Kier molecular flexibility index (Phi) is 3.06. The van der Waals surface area contributed by atoms with Gasteiger partial charge in [-0.3, -0.25) is 0 Å². The molecule has 1 saturated carbocycles. The van der Waals surface area contributed by atoms with E-state index >= 15 is 0 Å². The quantitative estimate of drug-likeness (QED) is 0.798. The summed E-state index contributed by atoms with van der Waals surface area (Å²) < 4.78 is 0. The summed E-state index contributed by atoms with van der Waals surface area (Å²) in [6.07, 6.45) is 3.78. The van der Waals surface area contributed by atoms with Crippen molar-refractivity contribution in [2.75, 3.05) is 17.6 Å². The van der Waals surface area contributed by atoms with Crippen LogP contribution in [0.5, 0.6) is 0 Å². The van der Waals surface area contributed by atoms with E-state index in [-0.39, 0.29) is 5.95 Å². The molecule has 1 aliphatic rings. The Bertz CT molecular complexity index is 606. The van der Waals surface area contributed by atoms with E-state index in [1.54, 1.807) is 11.3 Å². The van der Waals surface area contributed by atoms with E-state index in [1.807, 2.05) is 0 Å². The first-order chi connectivity index (χ1) is 9.09. The van der Waals surface area contributed by atoms with E-state index in [2.05, 4.69) is 28.3 Å². The number of nitrogens with one attached hydrogen (secondary N) is 1. The Hall–Kier alpha value is -1.40. The Balaban J connectivity index is 1.90. The monoisotopic (exact) mass is 278 g/mol. The van der Waals surface area contributed by atoms with Crippen molar-refractivity contribution in [3.63, 3.8) is 0 Å². The lowest BCUT2D eigenvalue weighted by molar-refractivity contribution is -0.0202. The third-order valence-corrected chi connectivity index (χ3v) is 4.85. The van der Waals surface area contributed by atoms with Gasteiger partial charge < -0.3 is 16.2 Å². The average Bonchev–Trinajstić information content (AvgIpc) is 2.76. The number of aromatic nitrogens is 2. The van der Waals surface area contributed by atoms with Crippen LogP contribution >= 0.6 is 11.3 Å². The minimum atomic E-state index is -0.574. The molecule has 2 heterocycles. The van der Waals surface area contributed by atoms with E-state index < -0.39 is 5.60 Å². The predicted octanol–water partition coefficient (Wildman–Crippen LogP) is 2.16. The maximum atomic E-state index is 10.1. The molecule has 0 unspecified atom stereocenters. The second kappa shape index (κ2) is 4.61. The van der Waals surface area contributed by atoms with Crippen LogP contribution in [-0.4, -0.2) is 27.2 Å². The second-order valence-corrected chi connectivity index (χ2v) is 6.26. The van der Waals surface area contributed by atoms with E-state index in [4.69, 9.17) is 5.73 Å². The molecule has 0 saturated heterocycles. The number of hydrogen-bond acceptors (Lipinski definition) is 6. The van der Waals surface area contributed by atoms with Crippen molar-refractivity contribution in [2.24, 2.45) is 0 Å². The lowest BCUT2D eigenvalue weighted by atomic mass is 9.80. The molecular weight excluding hydrogens is 260 g/mol. The van der Waals surface area contributed by atoms with Crippen molar-refractivity contribution in [3.8, 4) is 0 Å². The zero-order valence-corrected chi connectivity index (χ0v) is 11.8. The van der Waals surface area contributed by atoms with Gasteiger partial charge in [0.1, 0.15) is 10.6 Å². The van der Waals surface area contributed by atoms with E-state index in [1.165, 1.54) is 4.88 Å². The van der Waals surface area contributed by atoms with Gasteiger partial charge in [0.2, 0.25) is 5.95 Å². The van der Waals surface area contributed by atoms with Gasteiger partial charge in [0.25, 0.3) is 0 Å². The molecule has 3 rings (SSSR count). The van der Waals surface area contributed by atoms with Crippen LogP contribution in [-0.2, 0) is 6.42 Å². The highest BCUT2D eigenvalue weighted by Crippen LogP contribution is 2.33. The minimum Gasteiger partial charge on any atom is -0.388 e. The number of nitrogens with zero attached hydrogens (tertiary/aromatic N) is 2. The second-order valence-electron chi connectivity index (χ2n) is 5.15. The van der Waals surface area contributed by atoms with Crippen LogP contribution in [0.25, 0.3) is 10.2 Å². The SMILES string of the molecule is CCc1cc2c(NCC3(O)CCC3)nc(N)nc2s1. The first-order valence-electron chi connectivity index (χ1n) is 6.62. The van der Waals surface area contributed by atoms with E-state index in [9.17, 15) is 5.11 Å². The number of nitrogens with two attached hydrogens (primary N) is 1. The van der Waals surface area contributed by atoms with Crippen molar-refractivity contribution in [2.45, 2.75) is 38.2 Å². The van der Waals surface area contributed by atoms with Gasteiger partial charge in [0, 0.05) is 11.4 Å². The zero-order valence-electron chi connectivity index (χ0n) is 10.9. The van der Waals surface area contributed by atoms with Crippen molar-refractivity contribution in [3.05, 3.63) is 10.9 Å². The normalized spacial score (nSPS) is 17.4. The molecule has 2 aromatic rings. The zero-order chi connectivity index (χ0) is 13.5. The Morgan fingerprint density at radius 2 is 2.26 bits per heavy atom. The number of aryl methyl sites for hydroxylation is 1. The van der Waals surface area contributed by atoms with Crippen LogP contribution in [0.2, 0.25) is 0 Å². The van der Waals surface area contributed by atoms with E-state index in [0.717, 1.165) is 41.7 Å². The summed E-state index contributed by atoms with van der Waals surface area (Å²) in [7, 11) is 0. The smallest absolute Gasteiger partial charge is 0.223 e. The number of rotatable bonds is 4. The van der Waals surface area contributed by atoms with Crippen molar-refractivity contribution in [1.29, 1.82) is 0 Å². The summed E-state index contributed by atoms with van der Waals surface area (Å²) in [5, 5.41) is 14.4. The number of hydrogen-bond donors (Lipinski definition) is 3. The molecule has 0 spiro atoms. The summed E-state index contributed by atoms with van der Waals surface area (Å²) >= 11 is 1.65. The van der Waals surface area contributed by atoms with Crippen LogP contribution in [0.3, 0.4) is 0 Å². The fourth-order valence-corrected chi connectivity index (χ4v) is 3.28. The molecule has 1 aliphatic carbocycles. The molecule has 19 heavy (non-hydrogen) atoms. The highest BCUT2D eigenvalue weighted by molar-refractivity contribution is 7.18. The van der Waals surface area contributed by atoms with Crippen molar-refractivity contribution < 1.29 is 5.11 Å². The van der Waals surface area contributed by atoms with Crippen LogP contribution in [0.4, 0.5) is 11.8 Å². The van der Waals surface area contributed by atoms with E-state index in [0.29, 0.717) is 6.54 Å². The van der Waals surface area contributed by atoms with Gasteiger partial charge in [-0.05, 0) is 31.7 Å². The maximum Gasteiger partial charge on any atom is 0.223 e. The lowest BCUT2D eigenvalue weighted by Gasteiger charge is -2.36. The number of anilines is 2. The standard InChI is InChI=1S/C13H18N4OS/c1-2-8-6-9-10(15-7-13(18)4-3-5-13)16-12(14)17-11(9)19-8/h6,18H,2-5,7H2,1H3,(H3,14,15,16,17). The molecule has 1 fully saturated rings. The van der Waals surface area contributed by atoms with Crippen LogP contribution < -0.4 is 11.1 Å². The fourth-order valence-electron chi connectivity index (χ4n) is 2.31. The van der Waals surface area contributed by atoms with Gasteiger partial charge in [0.15, 0.2) is 0 Å². The molecule has 0 aliphatic heterocycles. The lowest BCUT2D eigenvalue weighted by Crippen LogP contribution is -2.43. The summed E-state index contributed by atoms with van der Waals surface area (Å²) in [4.78, 5) is 10.7. The highest BCUT2D eigenvalue weighted by Gasteiger charge is 2.34. The topological polar surface area (TPSA) is 84.1 Å². The summed E-state index contributed by atoms with van der Waals surface area (Å²) in [5.41, 5.74) is 5.17. The number of thiophene rings is 1. The van der Waals surface area contributed by atoms with Crippen LogP contribution in [0.1, 0.15) is 31.1 Å². The summed E-state index contributed by atoms with van der Waals surface area (Å²) in [6, 6.07) is 2.10. The van der Waals surface area contributed by atoms with Gasteiger partial charge in [-0.2, -0.15) is 4.98 Å². The molecular formula is C13H18N4OS. The molecule has 102 valence electrons. The molecule has 5 nitrogen and oxygen atoms in total. The van der Waals surface area contributed by atoms with Gasteiger partial charge in [-0.1, -0.05) is 6.92 Å². The molecule has 0 amide bonds. The van der Waals surface area contributed by atoms with Crippen LogP contribution in [0, 0.1) is 0 Å². The molecule has 0 radical (unpaired) electrons. The minimum absolute atomic E-state index is 0.278. The third-order valence-electron chi connectivity index (χ3n) is 3.68. The Morgan fingerprint density at radius 1 is 1.47 bits per heavy atom. The molecule has 4 N–H and O–H groups in total. The highest BCUT2D eigenvalue weighted by atomic mass is 32.1. The average molecular weight is 278 g/mol. The summed E-state index contributed by atoms with van der Waals surface area (Å²) in [6.45, 7) is 2.64. The van der Waals surface area contributed by atoms with Gasteiger partial charge in [-0.15, -0.1) is 11.3 Å². The van der Waals surface area contributed by atoms with Crippen molar-refractivity contribution >= 4 is 33.3 Å². The summed E-state index contributed by atoms with van der Waals surface area (Å²) in [5.74, 6) is 1.01. The first kappa shape index (κ1) is 12.6. The number of nitrogen functional groups attached to an aromatic ring is 1. The Morgan fingerprint density at radius 3 is 2.89 bits per heavy atom. The molecule has 0 bridgehead atoms. The largest absolute Gasteiger partial charge is 0.388 e. The number of aliphatic hydroxyl groups is 1. The van der Waals surface area contributed by atoms with Crippen LogP contribution in [0.15, 0.2) is 6.07 Å². The molecule has 2 aromatic heterocycles. The first-order valence-corrected chi connectivity index (χ1v) is 7.43.